The van der Waals surface area contributed by atoms with Gasteiger partial charge in [0.25, 0.3) is 5.91 Å². The predicted molar refractivity (Wildman–Crippen MR) is 119 cm³/mol. The van der Waals surface area contributed by atoms with Crippen LogP contribution in [0.5, 0.6) is 5.75 Å². The predicted octanol–water partition coefficient (Wildman–Crippen LogP) is 4.38. The molecular weight excluding hydrogens is 378 g/mol. The fraction of sp³-hybridized carbons (Fsp3) is 0.125. The van der Waals surface area contributed by atoms with Gasteiger partial charge in [-0.3, -0.25) is 15.0 Å². The summed E-state index contributed by atoms with van der Waals surface area (Å²) < 4.78 is 5.73. The number of hydrogen-bond donors (Lipinski definition) is 3. The largest absolute Gasteiger partial charge is 0.489 e. The number of ether oxygens (including phenoxy) is 1. The number of hydrogen-bond acceptors (Lipinski definition) is 5. The monoisotopic (exact) mass is 403 g/mol. The summed E-state index contributed by atoms with van der Waals surface area (Å²) in [5.41, 5.74) is 1.83. The van der Waals surface area contributed by atoms with Crippen molar-refractivity contribution in [2.45, 2.75) is 19.4 Å². The summed E-state index contributed by atoms with van der Waals surface area (Å²) in [5, 5.41) is 13.2. The van der Waals surface area contributed by atoms with Gasteiger partial charge >= 0.3 is 0 Å². The zero-order chi connectivity index (χ0) is 21.2. The van der Waals surface area contributed by atoms with Crippen LogP contribution in [0.1, 0.15) is 19.8 Å². The van der Waals surface area contributed by atoms with Crippen molar-refractivity contribution >= 4 is 23.1 Å². The van der Waals surface area contributed by atoms with Crippen molar-refractivity contribution < 1.29 is 15.8 Å². The highest BCUT2D eigenvalue weighted by atomic mass is 16.5. The lowest BCUT2D eigenvalue weighted by Crippen LogP contribution is -2.34. The van der Waals surface area contributed by atoms with E-state index >= 15 is 0 Å². The lowest BCUT2D eigenvalue weighted by atomic mass is 10.1. The Balaban J connectivity index is 0.00000341. The second-order valence-electron chi connectivity index (χ2n) is 6.61. The van der Waals surface area contributed by atoms with Gasteiger partial charge < -0.3 is 15.4 Å². The van der Waals surface area contributed by atoms with E-state index in [0.29, 0.717) is 12.3 Å². The van der Waals surface area contributed by atoms with E-state index in [1.165, 1.54) is 6.20 Å². The van der Waals surface area contributed by atoms with Crippen molar-refractivity contribution in [2.75, 3.05) is 5.32 Å². The molecule has 1 aliphatic rings. The number of carbonyl (C=O) groups is 2. The number of anilines is 1. The highest BCUT2D eigenvalue weighted by Gasteiger charge is 2.16. The maximum absolute atomic E-state index is 12.0. The fourth-order valence-electron chi connectivity index (χ4n) is 2.70. The number of allylic oxidation sites excluding steroid dienone is 4. The maximum atomic E-state index is 12.0. The quantitative estimate of drug-likeness (QED) is 0.329. The first kappa shape index (κ1) is 20.8. The molecule has 0 saturated carbocycles. The molecule has 3 rings (SSSR count). The molecule has 1 aliphatic carbocycles. The van der Waals surface area contributed by atoms with Crippen LogP contribution >= 0.6 is 0 Å². The second kappa shape index (κ2) is 10.6. The SMILES string of the molecule is N=C(C(=O)/C=C\Nc1ccc(OCc2ccccc2)cc1)C(=O)NC1=CCCC=C1.[HH]. The molecule has 0 fully saturated rings. The Labute approximate surface area is 176 Å². The zero-order valence-corrected chi connectivity index (χ0v) is 16.4. The third-order valence-electron chi connectivity index (χ3n) is 4.31. The third-order valence-corrected chi connectivity index (χ3v) is 4.31. The Hall–Kier alpha value is -3.93. The van der Waals surface area contributed by atoms with E-state index in [2.05, 4.69) is 10.6 Å². The molecule has 0 bridgehead atoms. The summed E-state index contributed by atoms with van der Waals surface area (Å²) in [5.74, 6) is -0.667. The van der Waals surface area contributed by atoms with Crippen LogP contribution in [0.15, 0.2) is 90.8 Å². The van der Waals surface area contributed by atoms with Crippen LogP contribution in [0, 0.1) is 5.41 Å². The van der Waals surface area contributed by atoms with Crippen molar-refractivity contribution in [2.24, 2.45) is 0 Å². The number of benzene rings is 2. The molecule has 154 valence electrons. The Morgan fingerprint density at radius 2 is 1.83 bits per heavy atom. The number of ketones is 1. The molecule has 0 radical (unpaired) electrons. The lowest BCUT2D eigenvalue weighted by molar-refractivity contribution is -0.116. The molecular formula is C24H25N3O3. The molecule has 0 heterocycles. The van der Waals surface area contributed by atoms with Gasteiger partial charge in [-0.1, -0.05) is 42.5 Å². The number of rotatable bonds is 9. The molecule has 0 aliphatic heterocycles. The minimum absolute atomic E-state index is 0. The van der Waals surface area contributed by atoms with Crippen LogP contribution < -0.4 is 15.4 Å². The summed E-state index contributed by atoms with van der Waals surface area (Å²) in [4.78, 5) is 24.0. The first-order chi connectivity index (χ1) is 14.6. The summed E-state index contributed by atoms with van der Waals surface area (Å²) in [6, 6.07) is 17.2. The van der Waals surface area contributed by atoms with Crippen molar-refractivity contribution in [1.29, 1.82) is 5.41 Å². The van der Waals surface area contributed by atoms with E-state index in [-0.39, 0.29) is 1.43 Å². The van der Waals surface area contributed by atoms with Crippen LogP contribution in [0.4, 0.5) is 5.69 Å². The Kier molecular flexibility index (Phi) is 7.33. The standard InChI is InChI=1S/C24H23N3O3.H2/c25-23(24(29)27-20-9-5-2-6-10-20)22(28)15-16-26-19-11-13-21(14-12-19)30-17-18-7-3-1-4-8-18;/h1,3-5,7-16,25-26H,2,6,17H2,(H,27,29);1H/b16-15-,25-23?;. The Morgan fingerprint density at radius 1 is 1.07 bits per heavy atom. The maximum Gasteiger partial charge on any atom is 0.277 e. The smallest absolute Gasteiger partial charge is 0.277 e. The average molecular weight is 403 g/mol. The molecule has 0 aromatic heterocycles. The molecule has 30 heavy (non-hydrogen) atoms. The molecule has 3 N–H and O–H groups in total. The summed E-state index contributed by atoms with van der Waals surface area (Å²) in [7, 11) is 0. The van der Waals surface area contributed by atoms with Crippen molar-refractivity contribution in [1.82, 2.24) is 5.32 Å². The second-order valence-corrected chi connectivity index (χ2v) is 6.61. The molecule has 6 nitrogen and oxygen atoms in total. The van der Waals surface area contributed by atoms with E-state index in [9.17, 15) is 9.59 Å². The third kappa shape index (κ3) is 6.31. The van der Waals surface area contributed by atoms with Crippen molar-refractivity contribution in [3.8, 4) is 5.75 Å². The van der Waals surface area contributed by atoms with Crippen LogP contribution in [0.3, 0.4) is 0 Å². The highest BCUT2D eigenvalue weighted by Crippen LogP contribution is 2.17. The first-order valence-electron chi connectivity index (χ1n) is 9.62. The topological polar surface area (TPSA) is 91.3 Å². The van der Waals surface area contributed by atoms with Gasteiger partial charge in [-0.25, -0.2) is 0 Å². The molecule has 6 heteroatoms. The van der Waals surface area contributed by atoms with Gasteiger partial charge in [-0.05, 0) is 48.7 Å². The van der Waals surface area contributed by atoms with Crippen LogP contribution in [0.25, 0.3) is 0 Å². The normalized spacial score (nSPS) is 12.9. The van der Waals surface area contributed by atoms with Gasteiger partial charge in [0.1, 0.15) is 12.4 Å². The molecule has 2 aromatic rings. The molecule has 1 amide bonds. The lowest BCUT2D eigenvalue weighted by Gasteiger charge is -2.08. The molecule has 0 unspecified atom stereocenters. The number of carbonyl (C=O) groups excluding carboxylic acids is 2. The first-order valence-corrected chi connectivity index (χ1v) is 9.62. The zero-order valence-electron chi connectivity index (χ0n) is 16.4. The summed E-state index contributed by atoms with van der Waals surface area (Å²) in [6.07, 6.45) is 9.88. The van der Waals surface area contributed by atoms with Gasteiger partial charge in [-0.2, -0.15) is 0 Å². The van der Waals surface area contributed by atoms with Crippen molar-refractivity contribution in [3.05, 3.63) is 96.4 Å². The number of nitrogens with one attached hydrogen (secondary N) is 3. The van der Waals surface area contributed by atoms with Gasteiger partial charge in [0.2, 0.25) is 5.78 Å². The Morgan fingerprint density at radius 3 is 2.53 bits per heavy atom. The highest BCUT2D eigenvalue weighted by molar-refractivity contribution is 6.66. The van der Waals surface area contributed by atoms with Crippen LogP contribution in [0.2, 0.25) is 0 Å². The van der Waals surface area contributed by atoms with E-state index in [1.807, 2.05) is 66.7 Å². The molecule has 2 aromatic carbocycles. The molecule has 0 atom stereocenters. The van der Waals surface area contributed by atoms with Crippen LogP contribution in [-0.4, -0.2) is 17.4 Å². The van der Waals surface area contributed by atoms with E-state index in [1.54, 1.807) is 6.08 Å². The average Bonchev–Trinajstić information content (AvgIpc) is 2.79. The minimum atomic E-state index is -0.720. The van der Waals surface area contributed by atoms with E-state index in [4.69, 9.17) is 10.1 Å². The van der Waals surface area contributed by atoms with Gasteiger partial charge in [-0.15, -0.1) is 0 Å². The fourth-order valence-corrected chi connectivity index (χ4v) is 2.70. The van der Waals surface area contributed by atoms with E-state index in [0.717, 1.165) is 35.9 Å². The minimum Gasteiger partial charge on any atom is -0.489 e. The summed E-state index contributed by atoms with van der Waals surface area (Å²) in [6.45, 7) is 0.485. The van der Waals surface area contributed by atoms with Crippen LogP contribution in [-0.2, 0) is 16.2 Å². The van der Waals surface area contributed by atoms with E-state index < -0.39 is 17.4 Å². The number of amides is 1. The van der Waals surface area contributed by atoms with Gasteiger partial charge in [0.05, 0.1) is 0 Å². The molecule has 0 spiro atoms. The van der Waals surface area contributed by atoms with Gasteiger partial charge in [0, 0.05) is 25.1 Å². The van der Waals surface area contributed by atoms with Gasteiger partial charge in [0.15, 0.2) is 5.71 Å². The summed E-state index contributed by atoms with van der Waals surface area (Å²) >= 11 is 0. The Bertz CT molecular complexity index is 996. The molecule has 0 saturated heterocycles. The van der Waals surface area contributed by atoms with Crippen molar-refractivity contribution in [3.63, 3.8) is 0 Å².